The van der Waals surface area contributed by atoms with Crippen LogP contribution < -0.4 is 0 Å². The Labute approximate surface area is 64.4 Å². The molecular weight excluding hydrogens is 144 g/mol. The first-order valence-corrected chi connectivity index (χ1v) is 4.07. The molecule has 0 saturated heterocycles. The molecular formula is C7H8N2S. The first kappa shape index (κ1) is 7.28. The molecule has 0 radical (unpaired) electrons. The van der Waals surface area contributed by atoms with Crippen LogP contribution in [0.4, 0.5) is 0 Å². The largest absolute Gasteiger partial charge is 0.244 e. The fourth-order valence-corrected chi connectivity index (χ4v) is 1.15. The standard InChI is InChI=1S/C7H8N2S/c1-3-6-7(10-2)4-8-5-9-6/h3-5H,1H2,2H3. The van der Waals surface area contributed by atoms with Crippen molar-refractivity contribution in [3.8, 4) is 0 Å². The van der Waals surface area contributed by atoms with Crippen LogP contribution in [0.3, 0.4) is 0 Å². The van der Waals surface area contributed by atoms with Gasteiger partial charge in [0.2, 0.25) is 0 Å². The van der Waals surface area contributed by atoms with Crippen molar-refractivity contribution in [3.05, 3.63) is 24.8 Å². The van der Waals surface area contributed by atoms with Gasteiger partial charge < -0.3 is 0 Å². The van der Waals surface area contributed by atoms with E-state index in [9.17, 15) is 0 Å². The van der Waals surface area contributed by atoms with Crippen LogP contribution in [0.25, 0.3) is 6.08 Å². The molecule has 1 aromatic rings. The molecule has 0 saturated carbocycles. The fraction of sp³-hybridized carbons (Fsp3) is 0.143. The molecule has 3 heteroatoms. The molecule has 0 amide bonds. The molecule has 0 aliphatic rings. The zero-order valence-electron chi connectivity index (χ0n) is 5.74. The Morgan fingerprint density at radius 3 is 3.00 bits per heavy atom. The molecule has 2 nitrogen and oxygen atoms in total. The van der Waals surface area contributed by atoms with Crippen LogP contribution in [0.2, 0.25) is 0 Å². The summed E-state index contributed by atoms with van der Waals surface area (Å²) in [5, 5.41) is 0. The number of hydrogen-bond acceptors (Lipinski definition) is 3. The zero-order valence-corrected chi connectivity index (χ0v) is 6.56. The number of rotatable bonds is 2. The molecule has 1 heterocycles. The average Bonchev–Trinajstić information content (AvgIpc) is 2.04. The van der Waals surface area contributed by atoms with E-state index in [-0.39, 0.29) is 0 Å². The fourth-order valence-electron chi connectivity index (χ4n) is 0.637. The number of aromatic nitrogens is 2. The van der Waals surface area contributed by atoms with Crippen molar-refractivity contribution in [1.82, 2.24) is 9.97 Å². The first-order chi connectivity index (χ1) is 4.88. The van der Waals surface area contributed by atoms with E-state index < -0.39 is 0 Å². The Kier molecular flexibility index (Phi) is 2.45. The van der Waals surface area contributed by atoms with Gasteiger partial charge in [-0.15, -0.1) is 11.8 Å². The maximum atomic E-state index is 4.02. The van der Waals surface area contributed by atoms with E-state index in [1.54, 1.807) is 24.0 Å². The lowest BCUT2D eigenvalue weighted by Crippen LogP contribution is -1.84. The molecule has 1 rings (SSSR count). The summed E-state index contributed by atoms with van der Waals surface area (Å²) in [5.74, 6) is 0. The quantitative estimate of drug-likeness (QED) is 0.605. The predicted molar refractivity (Wildman–Crippen MR) is 43.9 cm³/mol. The normalized spacial score (nSPS) is 9.30. The Bertz CT molecular complexity index is 235. The molecule has 0 aliphatic heterocycles. The third kappa shape index (κ3) is 1.36. The van der Waals surface area contributed by atoms with Crippen molar-refractivity contribution in [2.75, 3.05) is 6.26 Å². The summed E-state index contributed by atoms with van der Waals surface area (Å²) in [7, 11) is 0. The Morgan fingerprint density at radius 2 is 2.50 bits per heavy atom. The minimum absolute atomic E-state index is 0.905. The van der Waals surface area contributed by atoms with Gasteiger partial charge in [-0.05, 0) is 12.3 Å². The number of hydrogen-bond donors (Lipinski definition) is 0. The van der Waals surface area contributed by atoms with Crippen LogP contribution >= 0.6 is 11.8 Å². The molecule has 0 aliphatic carbocycles. The summed E-state index contributed by atoms with van der Waals surface area (Å²) in [4.78, 5) is 8.97. The van der Waals surface area contributed by atoms with Gasteiger partial charge in [0.05, 0.1) is 10.6 Å². The van der Waals surface area contributed by atoms with E-state index in [0.29, 0.717) is 0 Å². The van der Waals surface area contributed by atoms with Crippen molar-refractivity contribution in [2.24, 2.45) is 0 Å². The van der Waals surface area contributed by atoms with Gasteiger partial charge in [0.15, 0.2) is 0 Å². The van der Waals surface area contributed by atoms with Gasteiger partial charge >= 0.3 is 0 Å². The molecule has 0 spiro atoms. The van der Waals surface area contributed by atoms with E-state index in [1.165, 1.54) is 6.33 Å². The maximum absolute atomic E-state index is 4.02. The minimum atomic E-state index is 0.905. The maximum Gasteiger partial charge on any atom is 0.116 e. The van der Waals surface area contributed by atoms with Gasteiger partial charge in [0.25, 0.3) is 0 Å². The van der Waals surface area contributed by atoms with Crippen LogP contribution in [0.5, 0.6) is 0 Å². The highest BCUT2D eigenvalue weighted by molar-refractivity contribution is 7.98. The number of thioether (sulfide) groups is 1. The van der Waals surface area contributed by atoms with E-state index in [1.807, 2.05) is 6.26 Å². The predicted octanol–water partition coefficient (Wildman–Crippen LogP) is 1.84. The molecule has 0 N–H and O–H groups in total. The molecule has 0 unspecified atom stereocenters. The van der Waals surface area contributed by atoms with Gasteiger partial charge in [-0.3, -0.25) is 0 Å². The molecule has 0 bridgehead atoms. The van der Waals surface area contributed by atoms with Gasteiger partial charge in [-0.1, -0.05) is 6.58 Å². The second-order valence-corrected chi connectivity index (χ2v) is 2.53. The SMILES string of the molecule is C=Cc1ncncc1SC. The number of nitrogens with zero attached hydrogens (tertiary/aromatic N) is 2. The molecule has 52 valence electrons. The summed E-state index contributed by atoms with van der Waals surface area (Å²) in [6, 6.07) is 0. The van der Waals surface area contributed by atoms with E-state index >= 15 is 0 Å². The van der Waals surface area contributed by atoms with E-state index in [2.05, 4.69) is 16.5 Å². The first-order valence-electron chi connectivity index (χ1n) is 2.85. The molecule has 0 aromatic carbocycles. The molecule has 0 fully saturated rings. The second kappa shape index (κ2) is 3.37. The van der Waals surface area contributed by atoms with Crippen molar-refractivity contribution in [3.63, 3.8) is 0 Å². The lowest BCUT2D eigenvalue weighted by Gasteiger charge is -1.97. The summed E-state index contributed by atoms with van der Waals surface area (Å²) < 4.78 is 0. The van der Waals surface area contributed by atoms with Crippen LogP contribution in [0, 0.1) is 0 Å². The minimum Gasteiger partial charge on any atom is -0.244 e. The lowest BCUT2D eigenvalue weighted by atomic mass is 10.4. The summed E-state index contributed by atoms with van der Waals surface area (Å²) >= 11 is 1.62. The van der Waals surface area contributed by atoms with Crippen molar-refractivity contribution < 1.29 is 0 Å². The summed E-state index contributed by atoms with van der Waals surface area (Å²) in [6.45, 7) is 3.64. The molecule has 0 atom stereocenters. The molecule has 10 heavy (non-hydrogen) atoms. The third-order valence-electron chi connectivity index (χ3n) is 1.12. The van der Waals surface area contributed by atoms with Gasteiger partial charge in [-0.25, -0.2) is 9.97 Å². The van der Waals surface area contributed by atoms with Gasteiger partial charge in [-0.2, -0.15) is 0 Å². The Hall–Kier alpha value is -0.830. The van der Waals surface area contributed by atoms with Crippen LogP contribution in [-0.4, -0.2) is 16.2 Å². The Balaban J connectivity index is 3.08. The smallest absolute Gasteiger partial charge is 0.116 e. The van der Waals surface area contributed by atoms with Gasteiger partial charge in [0.1, 0.15) is 6.33 Å². The van der Waals surface area contributed by atoms with Crippen LogP contribution in [0.1, 0.15) is 5.69 Å². The van der Waals surface area contributed by atoms with E-state index in [4.69, 9.17) is 0 Å². The zero-order chi connectivity index (χ0) is 7.40. The van der Waals surface area contributed by atoms with Crippen molar-refractivity contribution in [2.45, 2.75) is 4.90 Å². The van der Waals surface area contributed by atoms with Crippen LogP contribution in [0.15, 0.2) is 24.0 Å². The highest BCUT2D eigenvalue weighted by atomic mass is 32.2. The van der Waals surface area contributed by atoms with E-state index in [0.717, 1.165) is 10.6 Å². The third-order valence-corrected chi connectivity index (χ3v) is 1.88. The van der Waals surface area contributed by atoms with Crippen LogP contribution in [-0.2, 0) is 0 Å². The van der Waals surface area contributed by atoms with Crippen molar-refractivity contribution in [1.29, 1.82) is 0 Å². The topological polar surface area (TPSA) is 25.8 Å². The highest BCUT2D eigenvalue weighted by Crippen LogP contribution is 2.16. The second-order valence-electron chi connectivity index (χ2n) is 1.68. The van der Waals surface area contributed by atoms with Crippen molar-refractivity contribution >= 4 is 17.8 Å². The Morgan fingerprint density at radius 1 is 1.70 bits per heavy atom. The summed E-state index contributed by atoms with van der Waals surface area (Å²) in [6.07, 6.45) is 7.03. The average molecular weight is 152 g/mol. The lowest BCUT2D eigenvalue weighted by molar-refractivity contribution is 1.08. The molecule has 1 aromatic heterocycles. The summed E-state index contributed by atoms with van der Waals surface area (Å²) in [5.41, 5.74) is 0.905. The highest BCUT2D eigenvalue weighted by Gasteiger charge is 1.95. The monoisotopic (exact) mass is 152 g/mol. The van der Waals surface area contributed by atoms with Gasteiger partial charge in [0, 0.05) is 6.20 Å².